The summed E-state index contributed by atoms with van der Waals surface area (Å²) in [5, 5.41) is 3.04. The van der Waals surface area contributed by atoms with E-state index in [-0.39, 0.29) is 23.2 Å². The normalized spacial score (nSPS) is 22.9. The molecule has 2 aliphatic rings. The number of amides is 1. The van der Waals surface area contributed by atoms with E-state index >= 15 is 0 Å². The fraction of sp³-hybridized carbons (Fsp3) is 0.722. The third kappa shape index (κ3) is 4.67. The summed E-state index contributed by atoms with van der Waals surface area (Å²) in [6.07, 6.45) is 3.99. The van der Waals surface area contributed by atoms with Crippen molar-refractivity contribution in [2.24, 2.45) is 5.92 Å². The van der Waals surface area contributed by atoms with Gasteiger partial charge in [-0.15, -0.1) is 0 Å². The van der Waals surface area contributed by atoms with E-state index in [1.165, 1.54) is 0 Å². The van der Waals surface area contributed by atoms with Gasteiger partial charge >= 0.3 is 5.69 Å². The number of nitrogens with zero attached hydrogens (tertiary/aromatic N) is 1. The second-order valence-electron chi connectivity index (χ2n) is 7.50. The van der Waals surface area contributed by atoms with Gasteiger partial charge in [0.2, 0.25) is 0 Å². The SMILES string of the molecule is CC(C)Cc1cc(C(=O)N[C@@H]2CCOC3(CCOCC3)C2)nc(=O)[nH]1. The Hall–Kier alpha value is -1.73. The molecule has 138 valence electrons. The first kappa shape index (κ1) is 18.1. The Morgan fingerprint density at radius 1 is 1.40 bits per heavy atom. The summed E-state index contributed by atoms with van der Waals surface area (Å²) >= 11 is 0. The van der Waals surface area contributed by atoms with E-state index in [0.29, 0.717) is 32.2 Å². The number of nitrogens with one attached hydrogen (secondary N) is 2. The minimum Gasteiger partial charge on any atom is -0.381 e. The Kier molecular flexibility index (Phi) is 5.54. The monoisotopic (exact) mass is 349 g/mol. The van der Waals surface area contributed by atoms with E-state index in [4.69, 9.17) is 9.47 Å². The van der Waals surface area contributed by atoms with Gasteiger partial charge in [0, 0.05) is 31.6 Å². The van der Waals surface area contributed by atoms with Crippen molar-refractivity contribution in [3.05, 3.63) is 27.9 Å². The van der Waals surface area contributed by atoms with E-state index < -0.39 is 5.69 Å². The first-order valence-corrected chi connectivity index (χ1v) is 9.09. The van der Waals surface area contributed by atoms with Gasteiger partial charge in [-0.25, -0.2) is 4.79 Å². The number of aromatic nitrogens is 2. The van der Waals surface area contributed by atoms with Crippen LogP contribution in [0.25, 0.3) is 0 Å². The zero-order chi connectivity index (χ0) is 17.9. The highest BCUT2D eigenvalue weighted by Gasteiger charge is 2.39. The zero-order valence-corrected chi connectivity index (χ0v) is 15.0. The molecule has 0 unspecified atom stereocenters. The van der Waals surface area contributed by atoms with Crippen LogP contribution in [0.4, 0.5) is 0 Å². The second kappa shape index (κ2) is 7.66. The molecular formula is C18H27N3O4. The van der Waals surface area contributed by atoms with Crippen molar-refractivity contribution in [3.63, 3.8) is 0 Å². The Labute approximate surface area is 147 Å². The largest absolute Gasteiger partial charge is 0.381 e. The van der Waals surface area contributed by atoms with Gasteiger partial charge in [0.05, 0.1) is 5.60 Å². The molecule has 1 atom stereocenters. The molecule has 7 heteroatoms. The standard InChI is InChI=1S/C18H27N3O4/c1-12(2)9-14-10-15(21-17(23)20-14)16(22)19-13-3-6-25-18(11-13)4-7-24-8-5-18/h10,12-13H,3-9,11H2,1-2H3,(H,19,22)(H,20,21,23)/t13-/m1/s1. The Morgan fingerprint density at radius 2 is 2.16 bits per heavy atom. The maximum Gasteiger partial charge on any atom is 0.345 e. The summed E-state index contributed by atoms with van der Waals surface area (Å²) in [7, 11) is 0. The third-order valence-electron chi connectivity index (χ3n) is 4.89. The van der Waals surface area contributed by atoms with Crippen molar-refractivity contribution in [2.75, 3.05) is 19.8 Å². The van der Waals surface area contributed by atoms with Crippen LogP contribution in [-0.2, 0) is 15.9 Å². The molecule has 2 N–H and O–H groups in total. The van der Waals surface area contributed by atoms with Gasteiger partial charge in [0.15, 0.2) is 0 Å². The van der Waals surface area contributed by atoms with E-state index in [1.54, 1.807) is 6.07 Å². The molecule has 3 rings (SSSR count). The molecule has 1 amide bonds. The number of hydrogen-bond donors (Lipinski definition) is 2. The molecule has 0 aliphatic carbocycles. The minimum absolute atomic E-state index is 0.0361. The van der Waals surface area contributed by atoms with E-state index in [2.05, 4.69) is 29.1 Å². The lowest BCUT2D eigenvalue weighted by atomic mass is 9.84. The van der Waals surface area contributed by atoms with Crippen molar-refractivity contribution in [3.8, 4) is 0 Å². The summed E-state index contributed by atoms with van der Waals surface area (Å²) in [5.41, 5.74) is 0.273. The highest BCUT2D eigenvalue weighted by Crippen LogP contribution is 2.34. The highest BCUT2D eigenvalue weighted by molar-refractivity contribution is 5.92. The van der Waals surface area contributed by atoms with Crippen LogP contribution in [-0.4, -0.2) is 47.3 Å². The molecule has 0 radical (unpaired) electrons. The van der Waals surface area contributed by atoms with Crippen LogP contribution in [0.3, 0.4) is 0 Å². The zero-order valence-electron chi connectivity index (χ0n) is 15.0. The fourth-order valence-electron chi connectivity index (χ4n) is 3.68. The van der Waals surface area contributed by atoms with Gasteiger partial charge < -0.3 is 19.8 Å². The quantitative estimate of drug-likeness (QED) is 0.858. The number of aromatic amines is 1. The topological polar surface area (TPSA) is 93.3 Å². The molecule has 7 nitrogen and oxygen atoms in total. The van der Waals surface area contributed by atoms with Crippen LogP contribution in [0.2, 0.25) is 0 Å². The molecule has 0 saturated carbocycles. The van der Waals surface area contributed by atoms with Crippen LogP contribution in [0.15, 0.2) is 10.9 Å². The number of hydrogen-bond acceptors (Lipinski definition) is 5. The molecule has 1 aromatic heterocycles. The van der Waals surface area contributed by atoms with Crippen molar-refractivity contribution in [1.29, 1.82) is 0 Å². The fourth-order valence-corrected chi connectivity index (χ4v) is 3.68. The summed E-state index contributed by atoms with van der Waals surface area (Å²) in [4.78, 5) is 30.9. The molecule has 3 heterocycles. The van der Waals surface area contributed by atoms with Gasteiger partial charge in [0.25, 0.3) is 5.91 Å². The Morgan fingerprint density at radius 3 is 2.88 bits per heavy atom. The number of carbonyl (C=O) groups is 1. The van der Waals surface area contributed by atoms with Crippen LogP contribution in [0.5, 0.6) is 0 Å². The molecular weight excluding hydrogens is 322 g/mol. The van der Waals surface area contributed by atoms with Gasteiger partial charge in [-0.05, 0) is 44.1 Å². The van der Waals surface area contributed by atoms with Crippen molar-refractivity contribution < 1.29 is 14.3 Å². The van der Waals surface area contributed by atoms with E-state index in [9.17, 15) is 9.59 Å². The maximum absolute atomic E-state index is 12.6. The third-order valence-corrected chi connectivity index (χ3v) is 4.89. The maximum atomic E-state index is 12.6. The predicted octanol–water partition coefficient (Wildman–Crippen LogP) is 1.43. The Bertz CT molecular complexity index is 659. The molecule has 1 aromatic rings. The summed E-state index contributed by atoms with van der Waals surface area (Å²) in [5.74, 6) is 0.100. The Balaban J connectivity index is 1.67. The van der Waals surface area contributed by atoms with E-state index in [0.717, 1.165) is 31.4 Å². The molecule has 2 saturated heterocycles. The molecule has 0 bridgehead atoms. The van der Waals surface area contributed by atoms with Crippen molar-refractivity contribution >= 4 is 5.91 Å². The highest BCUT2D eigenvalue weighted by atomic mass is 16.5. The minimum atomic E-state index is -0.476. The number of H-pyrrole nitrogens is 1. The average molecular weight is 349 g/mol. The first-order chi connectivity index (χ1) is 12.0. The summed E-state index contributed by atoms with van der Waals surface area (Å²) in [6.45, 7) is 6.16. The molecule has 25 heavy (non-hydrogen) atoms. The van der Waals surface area contributed by atoms with Crippen LogP contribution in [0, 0.1) is 5.92 Å². The van der Waals surface area contributed by atoms with Crippen LogP contribution >= 0.6 is 0 Å². The summed E-state index contributed by atoms with van der Waals surface area (Å²) < 4.78 is 11.4. The van der Waals surface area contributed by atoms with Gasteiger partial charge in [0.1, 0.15) is 5.69 Å². The molecule has 2 fully saturated rings. The van der Waals surface area contributed by atoms with Gasteiger partial charge in [-0.2, -0.15) is 4.98 Å². The first-order valence-electron chi connectivity index (χ1n) is 9.09. The van der Waals surface area contributed by atoms with Crippen LogP contribution < -0.4 is 11.0 Å². The van der Waals surface area contributed by atoms with Gasteiger partial charge in [-0.3, -0.25) is 4.79 Å². The lowest BCUT2D eigenvalue weighted by Crippen LogP contribution is -2.51. The molecule has 1 spiro atoms. The summed E-state index contributed by atoms with van der Waals surface area (Å²) in [6, 6.07) is 1.72. The number of carbonyl (C=O) groups excluding carboxylic acids is 1. The number of ether oxygens (including phenoxy) is 2. The molecule has 2 aliphatic heterocycles. The van der Waals surface area contributed by atoms with Gasteiger partial charge in [-0.1, -0.05) is 13.8 Å². The average Bonchev–Trinajstić information content (AvgIpc) is 2.54. The van der Waals surface area contributed by atoms with Crippen LogP contribution in [0.1, 0.15) is 55.7 Å². The lowest BCUT2D eigenvalue weighted by molar-refractivity contribution is -0.139. The van der Waals surface area contributed by atoms with E-state index in [1.807, 2.05) is 0 Å². The smallest absolute Gasteiger partial charge is 0.345 e. The van der Waals surface area contributed by atoms with Crippen molar-refractivity contribution in [2.45, 2.75) is 57.6 Å². The van der Waals surface area contributed by atoms with Crippen molar-refractivity contribution in [1.82, 2.24) is 15.3 Å². The predicted molar refractivity (Wildman–Crippen MR) is 92.6 cm³/mol. The second-order valence-corrected chi connectivity index (χ2v) is 7.50. The number of rotatable bonds is 4. The molecule has 0 aromatic carbocycles. The lowest BCUT2D eigenvalue weighted by Gasteiger charge is -2.43.